The Labute approximate surface area is 142 Å². The molecule has 0 unspecified atom stereocenters. The fourth-order valence-electron chi connectivity index (χ4n) is 2.31. The Hall–Kier alpha value is -2.46. The lowest BCUT2D eigenvalue weighted by atomic mass is 9.90. The number of amides is 1. The van der Waals surface area contributed by atoms with Crippen LogP contribution >= 0.6 is 0 Å². The van der Waals surface area contributed by atoms with Crippen molar-refractivity contribution >= 4 is 11.7 Å². The van der Waals surface area contributed by atoms with E-state index in [9.17, 15) is 14.7 Å². The van der Waals surface area contributed by atoms with E-state index in [-0.39, 0.29) is 23.7 Å². The van der Waals surface area contributed by atoms with Crippen molar-refractivity contribution in [3.05, 3.63) is 71.3 Å². The van der Waals surface area contributed by atoms with Crippen LogP contribution < -0.4 is 5.32 Å². The van der Waals surface area contributed by atoms with E-state index in [1.54, 1.807) is 48.5 Å². The van der Waals surface area contributed by atoms with Crippen LogP contribution in [-0.2, 0) is 0 Å². The lowest BCUT2D eigenvalue weighted by molar-refractivity contribution is 0.0928. The van der Waals surface area contributed by atoms with E-state index in [1.165, 1.54) is 0 Å². The third-order valence-electron chi connectivity index (χ3n) is 3.97. The Morgan fingerprint density at radius 1 is 0.958 bits per heavy atom. The third-order valence-corrected chi connectivity index (χ3v) is 3.97. The van der Waals surface area contributed by atoms with Gasteiger partial charge < -0.3 is 10.4 Å². The summed E-state index contributed by atoms with van der Waals surface area (Å²) in [6, 6.07) is 15.7. The molecule has 0 bridgehead atoms. The molecule has 0 saturated heterocycles. The first kappa shape index (κ1) is 17.9. The first-order valence-corrected chi connectivity index (χ1v) is 8.02. The number of ketones is 1. The lowest BCUT2D eigenvalue weighted by Crippen LogP contribution is -2.30. The topological polar surface area (TPSA) is 66.4 Å². The van der Waals surface area contributed by atoms with Gasteiger partial charge in [-0.25, -0.2) is 0 Å². The summed E-state index contributed by atoms with van der Waals surface area (Å²) in [7, 11) is 0. The summed E-state index contributed by atoms with van der Waals surface area (Å²) < 4.78 is 0. The van der Waals surface area contributed by atoms with Gasteiger partial charge in [0.1, 0.15) is 0 Å². The van der Waals surface area contributed by atoms with Crippen molar-refractivity contribution in [3.63, 3.8) is 0 Å². The van der Waals surface area contributed by atoms with Crippen molar-refractivity contribution in [1.82, 2.24) is 5.32 Å². The molecule has 126 valence electrons. The summed E-state index contributed by atoms with van der Waals surface area (Å²) in [5.74, 6) is -0.444. The second-order valence-electron chi connectivity index (χ2n) is 6.57. The standard InChI is InChI=1S/C20H23NO3/c1-20(2,14-22)12-13-21-19(24)17-11-7-6-10-16(17)18(23)15-8-4-3-5-9-15/h3-11,22H,12-14H2,1-2H3,(H,21,24). The van der Waals surface area contributed by atoms with Gasteiger partial charge in [0, 0.05) is 24.3 Å². The van der Waals surface area contributed by atoms with Gasteiger partial charge in [-0.2, -0.15) is 0 Å². The Morgan fingerprint density at radius 2 is 1.54 bits per heavy atom. The maximum atomic E-state index is 12.6. The van der Waals surface area contributed by atoms with E-state index in [0.29, 0.717) is 29.7 Å². The molecule has 0 saturated carbocycles. The molecule has 0 aliphatic heterocycles. The molecule has 0 atom stereocenters. The maximum absolute atomic E-state index is 12.6. The zero-order chi connectivity index (χ0) is 17.6. The highest BCUT2D eigenvalue weighted by molar-refractivity contribution is 6.15. The number of carbonyl (C=O) groups excluding carboxylic acids is 2. The first-order chi connectivity index (χ1) is 11.4. The van der Waals surface area contributed by atoms with Gasteiger partial charge in [-0.1, -0.05) is 62.4 Å². The van der Waals surface area contributed by atoms with Crippen LogP contribution in [-0.4, -0.2) is 29.9 Å². The van der Waals surface area contributed by atoms with Crippen molar-refractivity contribution < 1.29 is 14.7 Å². The predicted octanol–water partition coefficient (Wildman–Crippen LogP) is 3.06. The molecule has 2 rings (SSSR count). The van der Waals surface area contributed by atoms with Crippen LogP contribution in [0.5, 0.6) is 0 Å². The fourth-order valence-corrected chi connectivity index (χ4v) is 2.31. The van der Waals surface area contributed by atoms with Gasteiger partial charge in [0.05, 0.1) is 5.56 Å². The molecular formula is C20H23NO3. The van der Waals surface area contributed by atoms with Crippen LogP contribution in [0.1, 0.15) is 46.5 Å². The molecular weight excluding hydrogens is 302 g/mol. The van der Waals surface area contributed by atoms with Gasteiger partial charge in [0.25, 0.3) is 5.91 Å². The van der Waals surface area contributed by atoms with Gasteiger partial charge >= 0.3 is 0 Å². The van der Waals surface area contributed by atoms with E-state index >= 15 is 0 Å². The number of aliphatic hydroxyl groups is 1. The van der Waals surface area contributed by atoms with Crippen molar-refractivity contribution in [2.45, 2.75) is 20.3 Å². The molecule has 0 radical (unpaired) electrons. The molecule has 0 aromatic heterocycles. The Balaban J connectivity index is 2.14. The van der Waals surface area contributed by atoms with Crippen molar-refractivity contribution in [2.24, 2.45) is 5.41 Å². The number of rotatable bonds is 7. The molecule has 2 aromatic carbocycles. The molecule has 2 aromatic rings. The second-order valence-corrected chi connectivity index (χ2v) is 6.57. The smallest absolute Gasteiger partial charge is 0.252 e. The lowest BCUT2D eigenvalue weighted by Gasteiger charge is -2.21. The maximum Gasteiger partial charge on any atom is 0.252 e. The predicted molar refractivity (Wildman–Crippen MR) is 94.1 cm³/mol. The van der Waals surface area contributed by atoms with Crippen molar-refractivity contribution in [1.29, 1.82) is 0 Å². The highest BCUT2D eigenvalue weighted by Crippen LogP contribution is 2.18. The Bertz CT molecular complexity index is 708. The minimum absolute atomic E-state index is 0.0615. The summed E-state index contributed by atoms with van der Waals surface area (Å²) in [5, 5.41) is 12.1. The molecule has 0 spiro atoms. The number of benzene rings is 2. The quantitative estimate of drug-likeness (QED) is 0.769. The van der Waals surface area contributed by atoms with Crippen LogP contribution in [0.15, 0.2) is 54.6 Å². The van der Waals surface area contributed by atoms with E-state index in [4.69, 9.17) is 0 Å². The molecule has 4 nitrogen and oxygen atoms in total. The van der Waals surface area contributed by atoms with Crippen LogP contribution in [0.4, 0.5) is 0 Å². The average Bonchev–Trinajstić information content (AvgIpc) is 2.61. The summed E-state index contributed by atoms with van der Waals surface area (Å²) in [4.78, 5) is 25.1. The molecule has 4 heteroatoms. The highest BCUT2D eigenvalue weighted by atomic mass is 16.3. The fraction of sp³-hybridized carbons (Fsp3) is 0.300. The van der Waals surface area contributed by atoms with Gasteiger partial charge in [-0.3, -0.25) is 9.59 Å². The van der Waals surface area contributed by atoms with Crippen LogP contribution in [0.25, 0.3) is 0 Å². The van der Waals surface area contributed by atoms with Crippen molar-refractivity contribution in [3.8, 4) is 0 Å². The molecule has 0 fully saturated rings. The summed E-state index contributed by atoms with van der Waals surface area (Å²) in [6.45, 7) is 4.38. The van der Waals surface area contributed by atoms with E-state index < -0.39 is 0 Å². The zero-order valence-electron chi connectivity index (χ0n) is 14.1. The molecule has 24 heavy (non-hydrogen) atoms. The SMILES string of the molecule is CC(C)(CO)CCNC(=O)c1ccccc1C(=O)c1ccccc1. The van der Waals surface area contributed by atoms with Gasteiger partial charge in [-0.05, 0) is 17.9 Å². The number of carbonyl (C=O) groups is 2. The Morgan fingerprint density at radius 3 is 2.17 bits per heavy atom. The van der Waals surface area contributed by atoms with Gasteiger partial charge in [0.2, 0.25) is 0 Å². The normalized spacial score (nSPS) is 11.1. The average molecular weight is 325 g/mol. The Kier molecular flexibility index (Phi) is 5.88. The summed E-state index contributed by atoms with van der Waals surface area (Å²) >= 11 is 0. The zero-order valence-corrected chi connectivity index (χ0v) is 14.1. The third kappa shape index (κ3) is 4.52. The van der Waals surface area contributed by atoms with Crippen LogP contribution in [0.3, 0.4) is 0 Å². The summed E-state index contributed by atoms with van der Waals surface area (Å²) in [6.07, 6.45) is 0.657. The van der Waals surface area contributed by atoms with E-state index in [1.807, 2.05) is 19.9 Å². The van der Waals surface area contributed by atoms with E-state index in [2.05, 4.69) is 5.32 Å². The minimum atomic E-state index is -0.274. The summed E-state index contributed by atoms with van der Waals surface area (Å²) in [5.41, 5.74) is 1.07. The van der Waals surface area contributed by atoms with E-state index in [0.717, 1.165) is 0 Å². The first-order valence-electron chi connectivity index (χ1n) is 8.02. The molecule has 0 aliphatic carbocycles. The second kappa shape index (κ2) is 7.88. The monoisotopic (exact) mass is 325 g/mol. The van der Waals surface area contributed by atoms with Crippen LogP contribution in [0.2, 0.25) is 0 Å². The molecule has 0 heterocycles. The molecule has 1 amide bonds. The number of hydrogen-bond donors (Lipinski definition) is 2. The minimum Gasteiger partial charge on any atom is -0.396 e. The molecule has 0 aliphatic rings. The number of aliphatic hydroxyl groups excluding tert-OH is 1. The van der Waals surface area contributed by atoms with Crippen molar-refractivity contribution in [2.75, 3.05) is 13.2 Å². The molecule has 2 N–H and O–H groups in total. The van der Waals surface area contributed by atoms with Crippen LogP contribution in [0, 0.1) is 5.41 Å². The number of hydrogen-bond acceptors (Lipinski definition) is 3. The highest BCUT2D eigenvalue weighted by Gasteiger charge is 2.19. The largest absolute Gasteiger partial charge is 0.396 e. The van der Waals surface area contributed by atoms with Gasteiger partial charge in [0.15, 0.2) is 5.78 Å². The number of nitrogens with one attached hydrogen (secondary N) is 1. The van der Waals surface area contributed by atoms with Gasteiger partial charge in [-0.15, -0.1) is 0 Å².